The first kappa shape index (κ1) is 13.9. The molecule has 0 bridgehead atoms. The molecule has 0 spiro atoms. The normalized spacial score (nSPS) is 12.5. The molecule has 3 aromatic rings. The summed E-state index contributed by atoms with van der Waals surface area (Å²) in [5.74, 6) is 5.23. The molecule has 0 amide bonds. The van der Waals surface area contributed by atoms with Crippen molar-refractivity contribution in [2.75, 3.05) is 0 Å². The SMILES string of the molecule is NNC(c1ccc2cccnc2c1)c1c(F)cccc1Cl. The van der Waals surface area contributed by atoms with Crippen LogP contribution in [0.2, 0.25) is 5.02 Å². The van der Waals surface area contributed by atoms with Crippen LogP contribution in [0.5, 0.6) is 0 Å². The van der Waals surface area contributed by atoms with Crippen LogP contribution in [0.15, 0.2) is 54.7 Å². The molecule has 0 aliphatic carbocycles. The zero-order chi connectivity index (χ0) is 14.8. The zero-order valence-corrected chi connectivity index (χ0v) is 11.8. The Morgan fingerprint density at radius 3 is 2.76 bits per heavy atom. The third-order valence-electron chi connectivity index (χ3n) is 3.42. The molecule has 1 heterocycles. The topological polar surface area (TPSA) is 50.9 Å². The summed E-state index contributed by atoms with van der Waals surface area (Å²) in [6, 6.07) is 13.6. The van der Waals surface area contributed by atoms with Crippen LogP contribution in [0.3, 0.4) is 0 Å². The Hall–Kier alpha value is -2.01. The summed E-state index contributed by atoms with van der Waals surface area (Å²) >= 11 is 6.12. The van der Waals surface area contributed by atoms with E-state index in [4.69, 9.17) is 17.4 Å². The lowest BCUT2D eigenvalue weighted by Crippen LogP contribution is -2.29. The first-order valence-electron chi connectivity index (χ1n) is 6.45. The van der Waals surface area contributed by atoms with Gasteiger partial charge in [-0.3, -0.25) is 10.8 Å². The van der Waals surface area contributed by atoms with Crippen molar-refractivity contribution in [1.82, 2.24) is 10.4 Å². The molecule has 21 heavy (non-hydrogen) atoms. The first-order chi connectivity index (χ1) is 10.2. The summed E-state index contributed by atoms with van der Waals surface area (Å²) < 4.78 is 14.1. The van der Waals surface area contributed by atoms with Crippen LogP contribution in [0.1, 0.15) is 17.2 Å². The molecule has 0 saturated carbocycles. The van der Waals surface area contributed by atoms with Gasteiger partial charge >= 0.3 is 0 Å². The second-order valence-electron chi connectivity index (χ2n) is 4.69. The van der Waals surface area contributed by atoms with Crippen LogP contribution in [0.25, 0.3) is 10.9 Å². The molecule has 106 valence electrons. The third kappa shape index (κ3) is 2.61. The van der Waals surface area contributed by atoms with E-state index < -0.39 is 11.9 Å². The van der Waals surface area contributed by atoms with Crippen LogP contribution in [-0.4, -0.2) is 4.98 Å². The fraction of sp³-hybridized carbons (Fsp3) is 0.0625. The van der Waals surface area contributed by atoms with Gasteiger partial charge in [0.15, 0.2) is 0 Å². The van der Waals surface area contributed by atoms with E-state index in [1.165, 1.54) is 6.07 Å². The molecule has 0 fully saturated rings. The van der Waals surface area contributed by atoms with Crippen molar-refractivity contribution in [3.05, 3.63) is 76.7 Å². The Kier molecular flexibility index (Phi) is 3.84. The molecule has 3 N–H and O–H groups in total. The number of fused-ring (bicyclic) bond motifs is 1. The first-order valence-corrected chi connectivity index (χ1v) is 6.83. The second-order valence-corrected chi connectivity index (χ2v) is 5.10. The van der Waals surface area contributed by atoms with Crippen molar-refractivity contribution in [3.63, 3.8) is 0 Å². The number of hydrogen-bond donors (Lipinski definition) is 2. The molecule has 0 radical (unpaired) electrons. The van der Waals surface area contributed by atoms with Gasteiger partial charge in [-0.2, -0.15) is 0 Å². The van der Waals surface area contributed by atoms with Crippen LogP contribution >= 0.6 is 11.6 Å². The number of rotatable bonds is 3. The van der Waals surface area contributed by atoms with Crippen molar-refractivity contribution in [2.45, 2.75) is 6.04 Å². The number of nitrogens with one attached hydrogen (secondary N) is 1. The number of pyridine rings is 1. The largest absolute Gasteiger partial charge is 0.271 e. The summed E-state index contributed by atoms with van der Waals surface area (Å²) in [4.78, 5) is 4.30. The van der Waals surface area contributed by atoms with E-state index in [2.05, 4.69) is 10.4 Å². The lowest BCUT2D eigenvalue weighted by atomic mass is 9.97. The molecule has 3 rings (SSSR count). The van der Waals surface area contributed by atoms with Gasteiger partial charge in [-0.15, -0.1) is 0 Å². The maximum absolute atomic E-state index is 14.1. The standard InChI is InChI=1S/C16H13ClFN3/c17-12-4-1-5-13(18)15(12)16(21-19)11-7-6-10-3-2-8-20-14(10)9-11/h1-9,16,21H,19H2. The summed E-state index contributed by atoms with van der Waals surface area (Å²) in [6.07, 6.45) is 1.72. The Balaban J connectivity index is 2.14. The van der Waals surface area contributed by atoms with Crippen LogP contribution in [0.4, 0.5) is 4.39 Å². The number of nitrogens with two attached hydrogens (primary N) is 1. The summed E-state index contributed by atoms with van der Waals surface area (Å²) in [5.41, 5.74) is 4.58. The van der Waals surface area contributed by atoms with Gasteiger partial charge in [-0.1, -0.05) is 35.9 Å². The maximum atomic E-state index is 14.1. The summed E-state index contributed by atoms with van der Waals surface area (Å²) in [7, 11) is 0. The molecule has 1 unspecified atom stereocenters. The zero-order valence-electron chi connectivity index (χ0n) is 11.1. The quantitative estimate of drug-likeness (QED) is 0.574. The molecule has 2 aromatic carbocycles. The van der Waals surface area contributed by atoms with Gasteiger partial charge in [-0.05, 0) is 29.8 Å². The number of hydrogen-bond acceptors (Lipinski definition) is 3. The highest BCUT2D eigenvalue weighted by Gasteiger charge is 2.20. The van der Waals surface area contributed by atoms with E-state index in [-0.39, 0.29) is 0 Å². The van der Waals surface area contributed by atoms with Gasteiger partial charge in [0.1, 0.15) is 5.82 Å². The van der Waals surface area contributed by atoms with Gasteiger partial charge in [0.05, 0.1) is 11.6 Å². The molecule has 3 nitrogen and oxygen atoms in total. The van der Waals surface area contributed by atoms with Gasteiger partial charge in [0.2, 0.25) is 0 Å². The Morgan fingerprint density at radius 2 is 2.00 bits per heavy atom. The fourth-order valence-electron chi connectivity index (χ4n) is 2.40. The Bertz CT molecular complexity index is 771. The molecule has 0 aliphatic heterocycles. The molecule has 0 aliphatic rings. The van der Waals surface area contributed by atoms with Crippen molar-refractivity contribution in [2.24, 2.45) is 5.84 Å². The summed E-state index contributed by atoms with van der Waals surface area (Å²) in [5, 5.41) is 1.34. The lowest BCUT2D eigenvalue weighted by molar-refractivity contribution is 0.560. The van der Waals surface area contributed by atoms with Crippen LogP contribution in [-0.2, 0) is 0 Å². The van der Waals surface area contributed by atoms with Crippen molar-refractivity contribution < 1.29 is 4.39 Å². The van der Waals surface area contributed by atoms with Gasteiger partial charge in [-0.25, -0.2) is 9.82 Å². The molecular formula is C16H13ClFN3. The molecule has 1 aromatic heterocycles. The van der Waals surface area contributed by atoms with E-state index in [0.29, 0.717) is 10.6 Å². The highest BCUT2D eigenvalue weighted by Crippen LogP contribution is 2.31. The molecule has 5 heteroatoms. The number of hydrazine groups is 1. The average Bonchev–Trinajstić information content (AvgIpc) is 2.50. The average molecular weight is 302 g/mol. The minimum absolute atomic E-state index is 0.331. The molecule has 1 atom stereocenters. The van der Waals surface area contributed by atoms with E-state index >= 15 is 0 Å². The molecule has 0 saturated heterocycles. The second kappa shape index (κ2) is 5.77. The number of nitrogens with zero attached hydrogens (tertiary/aromatic N) is 1. The smallest absolute Gasteiger partial charge is 0.129 e. The van der Waals surface area contributed by atoms with Crippen molar-refractivity contribution in [1.29, 1.82) is 0 Å². The Labute approximate surface area is 126 Å². The Morgan fingerprint density at radius 1 is 1.14 bits per heavy atom. The van der Waals surface area contributed by atoms with E-state index in [0.717, 1.165) is 16.5 Å². The number of benzene rings is 2. The van der Waals surface area contributed by atoms with Crippen molar-refractivity contribution >= 4 is 22.5 Å². The van der Waals surface area contributed by atoms with E-state index in [1.807, 2.05) is 30.3 Å². The monoisotopic (exact) mass is 301 g/mol. The number of halogens is 2. The van der Waals surface area contributed by atoms with E-state index in [1.54, 1.807) is 18.3 Å². The van der Waals surface area contributed by atoms with Crippen molar-refractivity contribution in [3.8, 4) is 0 Å². The van der Waals surface area contributed by atoms with E-state index in [9.17, 15) is 4.39 Å². The lowest BCUT2D eigenvalue weighted by Gasteiger charge is -2.19. The van der Waals surface area contributed by atoms with Gasteiger partial charge in [0.25, 0.3) is 0 Å². The predicted octanol–water partition coefficient (Wildman–Crippen LogP) is 3.58. The minimum Gasteiger partial charge on any atom is -0.271 e. The number of aromatic nitrogens is 1. The van der Waals surface area contributed by atoms with Crippen LogP contribution < -0.4 is 11.3 Å². The molecular weight excluding hydrogens is 289 g/mol. The van der Waals surface area contributed by atoms with Gasteiger partial charge < -0.3 is 0 Å². The fourth-order valence-corrected chi connectivity index (χ4v) is 2.67. The predicted molar refractivity (Wildman–Crippen MR) is 82.3 cm³/mol. The third-order valence-corrected chi connectivity index (χ3v) is 3.75. The maximum Gasteiger partial charge on any atom is 0.129 e. The minimum atomic E-state index is -0.537. The highest BCUT2D eigenvalue weighted by atomic mass is 35.5. The van der Waals surface area contributed by atoms with Gasteiger partial charge in [0, 0.05) is 22.2 Å². The highest BCUT2D eigenvalue weighted by molar-refractivity contribution is 6.31. The van der Waals surface area contributed by atoms with Crippen LogP contribution in [0, 0.1) is 5.82 Å². The summed E-state index contributed by atoms with van der Waals surface area (Å²) in [6.45, 7) is 0.